The molecule has 0 aliphatic carbocycles. The zero-order chi connectivity index (χ0) is 14.8. The second-order valence-electron chi connectivity index (χ2n) is 6.68. The van der Waals surface area contributed by atoms with E-state index in [0.29, 0.717) is 0 Å². The Balaban J connectivity index is 0.000000161. The summed E-state index contributed by atoms with van der Waals surface area (Å²) >= 11 is 0. The summed E-state index contributed by atoms with van der Waals surface area (Å²) in [7, 11) is 0. The molecule has 0 atom stereocenters. The highest BCUT2D eigenvalue weighted by molar-refractivity contribution is 4.75. The Labute approximate surface area is 131 Å². The maximum Gasteiger partial charge on any atom is 0.0160 e. The van der Waals surface area contributed by atoms with E-state index >= 15 is 0 Å². The molecule has 0 unspecified atom stereocenters. The molecule has 122 valence electrons. The molecule has 0 aromatic carbocycles. The van der Waals surface area contributed by atoms with Gasteiger partial charge in [-0.05, 0) is 51.6 Å². The standard InChI is InChI=1S/C10H20N2.C8H15N/c1-3-7-11(8-4-1)12-9-5-2-6-10-12;1-2-6-9-7-4-3-5-8-9/h1-10H2;2H,1,3-8H2. The van der Waals surface area contributed by atoms with Crippen molar-refractivity contribution in [1.82, 2.24) is 14.9 Å². The van der Waals surface area contributed by atoms with E-state index in [1.54, 1.807) is 0 Å². The van der Waals surface area contributed by atoms with Crippen LogP contribution in [0.1, 0.15) is 57.8 Å². The van der Waals surface area contributed by atoms with E-state index in [-0.39, 0.29) is 0 Å². The van der Waals surface area contributed by atoms with Gasteiger partial charge in [0, 0.05) is 32.7 Å². The van der Waals surface area contributed by atoms with Gasteiger partial charge in [-0.3, -0.25) is 4.90 Å². The van der Waals surface area contributed by atoms with Crippen molar-refractivity contribution in [2.45, 2.75) is 57.8 Å². The van der Waals surface area contributed by atoms with Crippen molar-refractivity contribution < 1.29 is 0 Å². The van der Waals surface area contributed by atoms with Gasteiger partial charge in [0.25, 0.3) is 0 Å². The van der Waals surface area contributed by atoms with Gasteiger partial charge < -0.3 is 0 Å². The first-order valence-electron chi connectivity index (χ1n) is 9.23. The fourth-order valence-corrected chi connectivity index (χ4v) is 3.64. The Morgan fingerprint density at radius 1 is 0.571 bits per heavy atom. The van der Waals surface area contributed by atoms with Crippen molar-refractivity contribution in [1.29, 1.82) is 0 Å². The summed E-state index contributed by atoms with van der Waals surface area (Å²) in [5.74, 6) is 0. The molecule has 3 heterocycles. The van der Waals surface area contributed by atoms with Crippen LogP contribution in [0.5, 0.6) is 0 Å². The van der Waals surface area contributed by atoms with Gasteiger partial charge in [0.2, 0.25) is 0 Å². The minimum atomic E-state index is 1.08. The van der Waals surface area contributed by atoms with Gasteiger partial charge >= 0.3 is 0 Å². The molecule has 3 saturated heterocycles. The van der Waals surface area contributed by atoms with E-state index in [0.717, 1.165) is 6.54 Å². The summed E-state index contributed by atoms with van der Waals surface area (Å²) in [6.45, 7) is 12.6. The molecular weight excluding hydrogens is 258 g/mol. The minimum absolute atomic E-state index is 1.08. The van der Waals surface area contributed by atoms with Crippen LogP contribution in [0.2, 0.25) is 0 Å². The number of hydrogen-bond donors (Lipinski definition) is 0. The van der Waals surface area contributed by atoms with Gasteiger partial charge in [-0.15, -0.1) is 6.58 Å². The number of rotatable bonds is 3. The normalized spacial score (nSPS) is 25.9. The second kappa shape index (κ2) is 10.4. The van der Waals surface area contributed by atoms with Crippen LogP contribution < -0.4 is 0 Å². The Bertz CT molecular complexity index is 246. The lowest BCUT2D eigenvalue weighted by molar-refractivity contribution is -0.0518. The lowest BCUT2D eigenvalue weighted by atomic mass is 10.1. The van der Waals surface area contributed by atoms with Crippen molar-refractivity contribution in [2.24, 2.45) is 0 Å². The van der Waals surface area contributed by atoms with Gasteiger partial charge in [-0.25, -0.2) is 10.0 Å². The molecule has 3 nitrogen and oxygen atoms in total. The van der Waals surface area contributed by atoms with Crippen LogP contribution in [0.25, 0.3) is 0 Å². The van der Waals surface area contributed by atoms with Crippen molar-refractivity contribution >= 4 is 0 Å². The molecule has 3 fully saturated rings. The molecule has 3 aliphatic rings. The van der Waals surface area contributed by atoms with Crippen molar-refractivity contribution in [3.63, 3.8) is 0 Å². The number of piperidine rings is 3. The number of hydrazine groups is 1. The highest BCUT2D eigenvalue weighted by Gasteiger charge is 2.19. The minimum Gasteiger partial charge on any atom is -0.300 e. The molecule has 0 radical (unpaired) electrons. The van der Waals surface area contributed by atoms with E-state index in [1.165, 1.54) is 97.1 Å². The third kappa shape index (κ3) is 6.50. The molecular formula is C18H35N3. The maximum atomic E-state index is 3.71. The lowest BCUT2D eigenvalue weighted by Gasteiger charge is -2.39. The van der Waals surface area contributed by atoms with Crippen LogP contribution in [0.4, 0.5) is 0 Å². The number of hydrogen-bond acceptors (Lipinski definition) is 3. The molecule has 0 N–H and O–H groups in total. The average molecular weight is 293 g/mol. The zero-order valence-corrected chi connectivity index (χ0v) is 13.9. The van der Waals surface area contributed by atoms with Gasteiger partial charge in [0.15, 0.2) is 0 Å². The summed E-state index contributed by atoms with van der Waals surface area (Å²) in [5.41, 5.74) is 0. The van der Waals surface area contributed by atoms with E-state index in [1.807, 2.05) is 6.08 Å². The monoisotopic (exact) mass is 293 g/mol. The van der Waals surface area contributed by atoms with E-state index in [9.17, 15) is 0 Å². The summed E-state index contributed by atoms with van der Waals surface area (Å²) in [6, 6.07) is 0. The average Bonchev–Trinajstić information content (AvgIpc) is 2.58. The van der Waals surface area contributed by atoms with Crippen molar-refractivity contribution in [3.05, 3.63) is 12.7 Å². The summed E-state index contributed by atoms with van der Waals surface area (Å²) in [4.78, 5) is 2.45. The molecule has 0 aromatic heterocycles. The topological polar surface area (TPSA) is 9.72 Å². The second-order valence-corrected chi connectivity index (χ2v) is 6.68. The van der Waals surface area contributed by atoms with Crippen LogP contribution in [0.15, 0.2) is 12.7 Å². The van der Waals surface area contributed by atoms with E-state index < -0.39 is 0 Å². The van der Waals surface area contributed by atoms with Crippen LogP contribution in [-0.4, -0.2) is 60.7 Å². The SMILES string of the molecule is C1CCN(N2CCCCC2)CC1.C=CCN1CCCCC1. The number of likely N-dealkylation sites (tertiary alicyclic amines) is 1. The Morgan fingerprint density at radius 3 is 1.33 bits per heavy atom. The van der Waals surface area contributed by atoms with Crippen LogP contribution in [-0.2, 0) is 0 Å². The molecule has 0 amide bonds. The molecule has 0 spiro atoms. The zero-order valence-electron chi connectivity index (χ0n) is 13.9. The Morgan fingerprint density at radius 2 is 0.952 bits per heavy atom. The summed E-state index contributed by atoms with van der Waals surface area (Å²) in [6.07, 6.45) is 14.7. The van der Waals surface area contributed by atoms with Crippen LogP contribution >= 0.6 is 0 Å². The highest BCUT2D eigenvalue weighted by Crippen LogP contribution is 2.16. The maximum absolute atomic E-state index is 3.71. The Hall–Kier alpha value is -0.380. The summed E-state index contributed by atoms with van der Waals surface area (Å²) in [5, 5.41) is 5.17. The molecule has 3 aliphatic heterocycles. The quantitative estimate of drug-likeness (QED) is 0.737. The fourth-order valence-electron chi connectivity index (χ4n) is 3.64. The van der Waals surface area contributed by atoms with Gasteiger partial charge in [0.1, 0.15) is 0 Å². The van der Waals surface area contributed by atoms with Crippen LogP contribution in [0.3, 0.4) is 0 Å². The molecule has 0 bridgehead atoms. The van der Waals surface area contributed by atoms with E-state index in [2.05, 4.69) is 21.5 Å². The van der Waals surface area contributed by atoms with Crippen molar-refractivity contribution in [3.8, 4) is 0 Å². The predicted molar refractivity (Wildman–Crippen MR) is 91.3 cm³/mol. The smallest absolute Gasteiger partial charge is 0.0160 e. The third-order valence-electron chi connectivity index (χ3n) is 4.90. The van der Waals surface area contributed by atoms with Crippen molar-refractivity contribution in [2.75, 3.05) is 45.8 Å². The van der Waals surface area contributed by atoms with Gasteiger partial charge in [-0.1, -0.05) is 25.3 Å². The third-order valence-corrected chi connectivity index (χ3v) is 4.90. The lowest BCUT2D eigenvalue weighted by Crippen LogP contribution is -2.47. The molecule has 3 heteroatoms. The first-order chi connectivity index (χ1) is 10.4. The predicted octanol–water partition coefficient (Wildman–Crippen LogP) is 3.53. The fraction of sp³-hybridized carbons (Fsp3) is 0.889. The first kappa shape index (κ1) is 17.0. The van der Waals surface area contributed by atoms with Crippen LogP contribution in [0, 0.1) is 0 Å². The highest BCUT2D eigenvalue weighted by atomic mass is 15.6. The largest absolute Gasteiger partial charge is 0.300 e. The summed E-state index contributed by atoms with van der Waals surface area (Å²) < 4.78 is 0. The van der Waals surface area contributed by atoms with E-state index in [4.69, 9.17) is 0 Å². The van der Waals surface area contributed by atoms with Gasteiger partial charge in [0.05, 0.1) is 0 Å². The first-order valence-corrected chi connectivity index (χ1v) is 9.23. The molecule has 0 saturated carbocycles. The van der Waals surface area contributed by atoms with Gasteiger partial charge in [-0.2, -0.15) is 0 Å². The Kier molecular flexibility index (Phi) is 8.38. The molecule has 21 heavy (non-hydrogen) atoms. The molecule has 0 aromatic rings. The number of nitrogens with zero attached hydrogens (tertiary/aromatic N) is 3. The molecule has 3 rings (SSSR count).